The summed E-state index contributed by atoms with van der Waals surface area (Å²) in [5.74, 6) is 0. The molecule has 1 heterocycles. The summed E-state index contributed by atoms with van der Waals surface area (Å²) in [5.41, 5.74) is 9.97. The minimum Gasteiger partial charge on any atom is -0.465 e. The third-order valence-electron chi connectivity index (χ3n) is 6.97. The van der Waals surface area contributed by atoms with Crippen molar-refractivity contribution in [2.45, 2.75) is 76.4 Å². The van der Waals surface area contributed by atoms with Crippen molar-refractivity contribution in [2.75, 3.05) is 0 Å². The van der Waals surface area contributed by atoms with Gasteiger partial charge in [-0.15, -0.1) is 11.3 Å². The van der Waals surface area contributed by atoms with Crippen LogP contribution in [0.4, 0.5) is 4.79 Å². The maximum atomic E-state index is 11.8. The molecule has 0 fully saturated rings. The third kappa shape index (κ3) is 7.99. The maximum Gasteiger partial charge on any atom is 0.404 e. The highest BCUT2D eigenvalue weighted by molar-refractivity contribution is 7.13. The maximum absolute atomic E-state index is 11.8. The largest absolute Gasteiger partial charge is 0.465 e. The van der Waals surface area contributed by atoms with Gasteiger partial charge in [0.1, 0.15) is 5.01 Å². The first kappa shape index (κ1) is 28.1. The number of thiazole rings is 1. The molecule has 0 aliphatic heterocycles. The van der Waals surface area contributed by atoms with Crippen molar-refractivity contribution < 1.29 is 14.3 Å². The van der Waals surface area contributed by atoms with Gasteiger partial charge >= 0.3 is 6.09 Å². The molecule has 0 saturated carbocycles. The van der Waals surface area contributed by atoms with Crippen molar-refractivity contribution in [1.82, 2.24) is 10.3 Å². The molecule has 0 radical (unpaired) electrons. The molecule has 194 valence electrons. The van der Waals surface area contributed by atoms with Gasteiger partial charge in [-0.2, -0.15) is 0 Å². The Hall–Kier alpha value is -2.52. The fraction of sp³-hybridized carbons (Fsp3) is 0.429. The number of nitrogens with two attached hydrogens (primary N) is 1. The van der Waals surface area contributed by atoms with E-state index in [1.165, 1.54) is 0 Å². The standard InChI is InChI=1S/C28H39N3O3SSi/c1-28(2,3)36(4,5)34-25(24(31-27(32)33)18-20-9-7-6-8-10-20)19-23(29)17-21-11-13-22(14-12-21)26-30-15-16-35-26/h6-16,23-25,31H,17-19,29H2,1-5H3,(H,32,33)/t23-,24-,25-/m0/s1. The number of hydrogen-bond donors (Lipinski definition) is 3. The molecule has 8 heteroatoms. The first-order chi connectivity index (χ1) is 16.9. The minimum atomic E-state index is -2.19. The predicted octanol–water partition coefficient (Wildman–Crippen LogP) is 6.34. The molecule has 2 aromatic carbocycles. The first-order valence-corrected chi connectivity index (χ1v) is 16.2. The van der Waals surface area contributed by atoms with E-state index in [0.717, 1.165) is 21.7 Å². The van der Waals surface area contributed by atoms with Crippen molar-refractivity contribution in [3.63, 3.8) is 0 Å². The van der Waals surface area contributed by atoms with Crippen LogP contribution in [0.25, 0.3) is 10.6 Å². The lowest BCUT2D eigenvalue weighted by Gasteiger charge is -2.42. The molecule has 0 saturated heterocycles. The summed E-state index contributed by atoms with van der Waals surface area (Å²) in [6.45, 7) is 11.0. The van der Waals surface area contributed by atoms with E-state index in [-0.39, 0.29) is 17.2 Å². The number of benzene rings is 2. The second-order valence-corrected chi connectivity index (χ2v) is 16.5. The van der Waals surface area contributed by atoms with Crippen molar-refractivity contribution in [2.24, 2.45) is 5.73 Å². The van der Waals surface area contributed by atoms with Crippen molar-refractivity contribution in [3.8, 4) is 10.6 Å². The fourth-order valence-corrected chi connectivity index (χ4v) is 6.00. The topological polar surface area (TPSA) is 97.5 Å². The van der Waals surface area contributed by atoms with Crippen LogP contribution in [0.1, 0.15) is 38.3 Å². The lowest BCUT2D eigenvalue weighted by Crippen LogP contribution is -2.54. The molecule has 1 aromatic heterocycles. The molecule has 1 amide bonds. The van der Waals surface area contributed by atoms with E-state index in [1.807, 2.05) is 41.9 Å². The SMILES string of the molecule is CC(C)(C)[Si](C)(C)O[C@@H](C[C@@H](N)Cc1ccc(-c2nccs2)cc1)[C@H](Cc1ccccc1)NC(=O)O. The zero-order chi connectivity index (χ0) is 26.3. The Labute approximate surface area is 220 Å². The summed E-state index contributed by atoms with van der Waals surface area (Å²) in [4.78, 5) is 16.2. The summed E-state index contributed by atoms with van der Waals surface area (Å²) in [6, 6.07) is 17.7. The van der Waals surface area contributed by atoms with Crippen LogP contribution in [-0.4, -0.2) is 42.7 Å². The van der Waals surface area contributed by atoms with Crippen LogP contribution in [0.5, 0.6) is 0 Å². The van der Waals surface area contributed by atoms with Gasteiger partial charge in [0.15, 0.2) is 8.32 Å². The van der Waals surface area contributed by atoms with Gasteiger partial charge in [-0.3, -0.25) is 0 Å². The lowest BCUT2D eigenvalue weighted by molar-refractivity contribution is 0.113. The summed E-state index contributed by atoms with van der Waals surface area (Å²) in [6.07, 6.45) is 2.20. The highest BCUT2D eigenvalue weighted by Crippen LogP contribution is 2.38. The summed E-state index contributed by atoms with van der Waals surface area (Å²) in [7, 11) is -2.19. The van der Waals surface area contributed by atoms with Gasteiger partial charge in [-0.05, 0) is 48.5 Å². The van der Waals surface area contributed by atoms with Gasteiger partial charge in [-0.25, -0.2) is 9.78 Å². The van der Waals surface area contributed by atoms with Crippen molar-refractivity contribution in [3.05, 3.63) is 77.3 Å². The molecule has 3 rings (SSSR count). The predicted molar refractivity (Wildman–Crippen MR) is 151 cm³/mol. The average molecular weight is 526 g/mol. The van der Waals surface area contributed by atoms with Crippen LogP contribution in [0.15, 0.2) is 66.2 Å². The number of aromatic nitrogens is 1. The molecule has 3 atom stereocenters. The Balaban J connectivity index is 1.80. The molecular weight excluding hydrogens is 486 g/mol. The van der Waals surface area contributed by atoms with Crippen LogP contribution in [0, 0.1) is 0 Å². The monoisotopic (exact) mass is 525 g/mol. The zero-order valence-electron chi connectivity index (χ0n) is 21.9. The van der Waals surface area contributed by atoms with Gasteiger partial charge in [0.25, 0.3) is 0 Å². The number of carboxylic acid groups (broad SMARTS) is 1. The van der Waals surface area contributed by atoms with E-state index in [9.17, 15) is 9.90 Å². The molecule has 4 N–H and O–H groups in total. The van der Waals surface area contributed by atoms with Crippen LogP contribution in [-0.2, 0) is 17.3 Å². The molecule has 6 nitrogen and oxygen atoms in total. The summed E-state index contributed by atoms with van der Waals surface area (Å²) in [5, 5.41) is 15.4. The van der Waals surface area contributed by atoms with E-state index in [1.54, 1.807) is 11.3 Å². The second kappa shape index (κ2) is 12.1. The smallest absolute Gasteiger partial charge is 0.404 e. The van der Waals surface area contributed by atoms with Crippen molar-refractivity contribution >= 4 is 25.7 Å². The number of rotatable bonds is 11. The van der Waals surface area contributed by atoms with E-state index in [0.29, 0.717) is 19.3 Å². The normalized spacial score (nSPS) is 14.7. The average Bonchev–Trinajstić information content (AvgIpc) is 3.33. The van der Waals surface area contributed by atoms with Crippen LogP contribution < -0.4 is 11.1 Å². The van der Waals surface area contributed by atoms with Gasteiger partial charge in [0, 0.05) is 23.2 Å². The number of nitrogens with one attached hydrogen (secondary N) is 1. The summed E-state index contributed by atoms with van der Waals surface area (Å²) < 4.78 is 6.84. The lowest BCUT2D eigenvalue weighted by atomic mass is 9.94. The number of amides is 1. The molecule has 36 heavy (non-hydrogen) atoms. The van der Waals surface area contributed by atoms with E-state index in [4.69, 9.17) is 10.2 Å². The summed E-state index contributed by atoms with van der Waals surface area (Å²) >= 11 is 1.62. The molecular formula is C28H39N3O3SSi. The number of hydrogen-bond acceptors (Lipinski definition) is 5. The van der Waals surface area contributed by atoms with Crippen LogP contribution in [0.2, 0.25) is 18.1 Å². The highest BCUT2D eigenvalue weighted by Gasteiger charge is 2.41. The Morgan fingerprint density at radius 2 is 1.72 bits per heavy atom. The van der Waals surface area contributed by atoms with Gasteiger partial charge in [0.05, 0.1) is 12.1 Å². The highest BCUT2D eigenvalue weighted by atomic mass is 32.1. The van der Waals surface area contributed by atoms with E-state index >= 15 is 0 Å². The first-order valence-electron chi connectivity index (χ1n) is 12.4. The molecule has 0 bridgehead atoms. The van der Waals surface area contributed by atoms with Crippen molar-refractivity contribution in [1.29, 1.82) is 0 Å². The Bertz CT molecular complexity index is 1080. The molecule has 0 spiro atoms. The Morgan fingerprint density at radius 1 is 1.08 bits per heavy atom. The second-order valence-electron chi connectivity index (χ2n) is 10.9. The molecule has 0 aliphatic rings. The Morgan fingerprint density at radius 3 is 2.28 bits per heavy atom. The van der Waals surface area contributed by atoms with Crippen LogP contribution in [0.3, 0.4) is 0 Å². The number of nitrogens with zero attached hydrogens (tertiary/aromatic N) is 1. The number of carbonyl (C=O) groups is 1. The molecule has 0 unspecified atom stereocenters. The van der Waals surface area contributed by atoms with Crippen LogP contribution >= 0.6 is 11.3 Å². The fourth-order valence-electron chi connectivity index (χ4n) is 3.99. The third-order valence-corrected chi connectivity index (χ3v) is 12.3. The van der Waals surface area contributed by atoms with Gasteiger partial charge in [-0.1, -0.05) is 75.4 Å². The van der Waals surface area contributed by atoms with E-state index in [2.05, 4.69) is 68.4 Å². The Kier molecular flexibility index (Phi) is 9.46. The minimum absolute atomic E-state index is 0.0124. The molecule has 3 aromatic rings. The zero-order valence-corrected chi connectivity index (χ0v) is 23.7. The van der Waals surface area contributed by atoms with E-state index < -0.39 is 20.5 Å². The van der Waals surface area contributed by atoms with Gasteiger partial charge < -0.3 is 20.6 Å². The molecule has 0 aliphatic carbocycles. The van der Waals surface area contributed by atoms with Gasteiger partial charge in [0.2, 0.25) is 0 Å². The quantitative estimate of drug-likeness (QED) is 0.254.